The number of fused-ring (bicyclic) bond motifs is 3. The van der Waals surface area contributed by atoms with E-state index in [1.54, 1.807) is 11.3 Å². The van der Waals surface area contributed by atoms with Gasteiger partial charge in [0.15, 0.2) is 5.69 Å². The van der Waals surface area contributed by atoms with E-state index in [0.29, 0.717) is 11.5 Å². The normalized spacial score (nSPS) is 12.4. The Hall–Kier alpha value is -2.30. The molecular weight excluding hydrogens is 266 g/mol. The maximum absolute atomic E-state index is 11.6. The lowest BCUT2D eigenvalue weighted by Crippen LogP contribution is -2.12. The van der Waals surface area contributed by atoms with Crippen LogP contribution in [0.5, 0.6) is 0 Å². The number of aryl methyl sites for hydroxylation is 1. The van der Waals surface area contributed by atoms with E-state index in [1.165, 1.54) is 0 Å². The van der Waals surface area contributed by atoms with E-state index in [2.05, 4.69) is 26.8 Å². The van der Waals surface area contributed by atoms with Crippen LogP contribution in [0.25, 0.3) is 16.8 Å². The highest BCUT2D eigenvalue weighted by Gasteiger charge is 2.25. The molecule has 0 spiro atoms. The van der Waals surface area contributed by atoms with Crippen LogP contribution in [0.4, 0.5) is 0 Å². The molecule has 5 nitrogen and oxygen atoms in total. The van der Waals surface area contributed by atoms with E-state index in [1.807, 2.05) is 23.7 Å². The maximum atomic E-state index is 11.6. The minimum absolute atomic E-state index is 0.0458. The zero-order valence-electron chi connectivity index (χ0n) is 12.9. The van der Waals surface area contributed by atoms with Crippen LogP contribution in [0.2, 0.25) is 0 Å². The molecule has 0 aliphatic rings. The van der Waals surface area contributed by atoms with Gasteiger partial charge >= 0.3 is 5.97 Å². The van der Waals surface area contributed by atoms with E-state index >= 15 is 0 Å². The molecule has 1 N–H and O–H groups in total. The third kappa shape index (κ3) is 1.77. The van der Waals surface area contributed by atoms with Gasteiger partial charge in [-0.15, -0.1) is 0 Å². The molecule has 3 rings (SSSR count). The molecule has 0 bridgehead atoms. The minimum atomic E-state index is -0.932. The number of carboxylic acids is 1. The Morgan fingerprint density at radius 3 is 2.52 bits per heavy atom. The van der Waals surface area contributed by atoms with E-state index in [4.69, 9.17) is 4.98 Å². The van der Waals surface area contributed by atoms with Crippen LogP contribution in [0.1, 0.15) is 42.5 Å². The van der Waals surface area contributed by atoms with Crippen molar-refractivity contribution in [2.45, 2.75) is 33.1 Å². The largest absolute Gasteiger partial charge is 0.477 e. The van der Waals surface area contributed by atoms with Crippen molar-refractivity contribution in [1.82, 2.24) is 14.0 Å². The number of carboxylic acid groups (broad SMARTS) is 1. The Morgan fingerprint density at radius 2 is 1.95 bits per heavy atom. The van der Waals surface area contributed by atoms with E-state index in [9.17, 15) is 9.90 Å². The van der Waals surface area contributed by atoms with E-state index < -0.39 is 5.97 Å². The molecule has 0 aliphatic heterocycles. The fourth-order valence-corrected chi connectivity index (χ4v) is 2.86. The number of hydrogen-bond donors (Lipinski definition) is 1. The van der Waals surface area contributed by atoms with Crippen molar-refractivity contribution in [3.63, 3.8) is 0 Å². The van der Waals surface area contributed by atoms with Gasteiger partial charge in [0.1, 0.15) is 0 Å². The lowest BCUT2D eigenvalue weighted by Gasteiger charge is -2.19. The fourth-order valence-electron chi connectivity index (χ4n) is 2.86. The summed E-state index contributed by atoms with van der Waals surface area (Å²) in [6.07, 6.45) is 0. The van der Waals surface area contributed by atoms with Gasteiger partial charge in [0, 0.05) is 12.7 Å². The number of carbonyl (C=O) groups is 1. The summed E-state index contributed by atoms with van der Waals surface area (Å²) in [5, 5.41) is 9.52. The van der Waals surface area contributed by atoms with Gasteiger partial charge in [-0.2, -0.15) is 0 Å². The Bertz CT molecular complexity index is 879. The summed E-state index contributed by atoms with van der Waals surface area (Å²) in [6.45, 7) is 8.21. The second-order valence-corrected chi connectivity index (χ2v) is 6.47. The Kier molecular flexibility index (Phi) is 2.67. The highest BCUT2D eigenvalue weighted by atomic mass is 16.4. The smallest absolute Gasteiger partial charge is 0.354 e. The summed E-state index contributed by atoms with van der Waals surface area (Å²) in [6, 6.07) is 5.95. The summed E-state index contributed by atoms with van der Waals surface area (Å²) in [5.41, 5.74) is 3.78. The van der Waals surface area contributed by atoms with Crippen molar-refractivity contribution in [1.29, 1.82) is 0 Å². The lowest BCUT2D eigenvalue weighted by molar-refractivity contribution is 0.0688. The summed E-state index contributed by atoms with van der Waals surface area (Å²) < 4.78 is 3.57. The summed E-state index contributed by atoms with van der Waals surface area (Å²) in [4.78, 5) is 16.3. The SMILES string of the molecule is Cc1c(C(=O)O)n2c3cccc(C(C)(C)C)c3nc2n1C. The average Bonchev–Trinajstić information content (AvgIpc) is 2.85. The monoisotopic (exact) mass is 285 g/mol. The molecule has 0 fully saturated rings. The van der Waals surface area contributed by atoms with Gasteiger partial charge in [-0.1, -0.05) is 32.9 Å². The number of imidazole rings is 2. The minimum Gasteiger partial charge on any atom is -0.477 e. The maximum Gasteiger partial charge on any atom is 0.354 e. The zero-order chi connectivity index (χ0) is 15.5. The van der Waals surface area contributed by atoms with Gasteiger partial charge in [-0.25, -0.2) is 9.78 Å². The molecule has 2 aromatic heterocycles. The number of nitrogens with zero attached hydrogens (tertiary/aromatic N) is 3. The first-order chi connectivity index (χ1) is 9.73. The van der Waals surface area contributed by atoms with Gasteiger partial charge < -0.3 is 9.67 Å². The molecule has 0 unspecified atom stereocenters. The number of para-hydroxylation sites is 1. The third-order valence-corrected chi connectivity index (χ3v) is 4.05. The highest BCUT2D eigenvalue weighted by molar-refractivity contribution is 5.93. The van der Waals surface area contributed by atoms with Gasteiger partial charge in [-0.05, 0) is 24.0 Å². The summed E-state index contributed by atoms with van der Waals surface area (Å²) >= 11 is 0. The highest BCUT2D eigenvalue weighted by Crippen LogP contribution is 2.31. The Balaban J connectivity index is 2.54. The Morgan fingerprint density at radius 1 is 1.29 bits per heavy atom. The van der Waals surface area contributed by atoms with Crippen molar-refractivity contribution in [2.24, 2.45) is 7.05 Å². The number of aromatic nitrogens is 3. The number of benzene rings is 1. The summed E-state index contributed by atoms with van der Waals surface area (Å²) in [5.74, 6) is -0.268. The zero-order valence-corrected chi connectivity index (χ0v) is 12.9. The van der Waals surface area contributed by atoms with Crippen LogP contribution in [-0.4, -0.2) is 25.0 Å². The first kappa shape index (κ1) is 13.7. The summed E-state index contributed by atoms with van der Waals surface area (Å²) in [7, 11) is 1.85. The van der Waals surface area contributed by atoms with Crippen molar-refractivity contribution in [3.05, 3.63) is 35.2 Å². The molecule has 5 heteroatoms. The number of hydrogen-bond acceptors (Lipinski definition) is 2. The van der Waals surface area contributed by atoms with Crippen LogP contribution in [0.3, 0.4) is 0 Å². The van der Waals surface area contributed by atoms with Crippen LogP contribution in [0, 0.1) is 6.92 Å². The fraction of sp³-hybridized carbons (Fsp3) is 0.375. The second kappa shape index (κ2) is 4.10. The molecular formula is C16H19N3O2. The van der Waals surface area contributed by atoms with Gasteiger partial charge in [-0.3, -0.25) is 4.40 Å². The van der Waals surface area contributed by atoms with Gasteiger partial charge in [0.05, 0.1) is 11.0 Å². The Labute approximate surface area is 122 Å². The molecule has 21 heavy (non-hydrogen) atoms. The topological polar surface area (TPSA) is 59.5 Å². The van der Waals surface area contributed by atoms with Crippen LogP contribution in [0.15, 0.2) is 18.2 Å². The van der Waals surface area contributed by atoms with Crippen LogP contribution < -0.4 is 0 Å². The molecule has 110 valence electrons. The van der Waals surface area contributed by atoms with Crippen molar-refractivity contribution in [3.8, 4) is 0 Å². The molecule has 1 aromatic carbocycles. The van der Waals surface area contributed by atoms with Crippen molar-refractivity contribution >= 4 is 22.8 Å². The second-order valence-electron chi connectivity index (χ2n) is 6.47. The first-order valence-electron chi connectivity index (χ1n) is 6.93. The third-order valence-electron chi connectivity index (χ3n) is 4.05. The molecule has 0 saturated carbocycles. The predicted molar refractivity (Wildman–Crippen MR) is 82.1 cm³/mol. The van der Waals surface area contributed by atoms with Crippen LogP contribution >= 0.6 is 0 Å². The molecule has 0 amide bonds. The molecule has 0 saturated heterocycles. The quantitative estimate of drug-likeness (QED) is 0.747. The van der Waals surface area contributed by atoms with E-state index in [0.717, 1.165) is 16.6 Å². The first-order valence-corrected chi connectivity index (χ1v) is 6.93. The van der Waals surface area contributed by atoms with E-state index in [-0.39, 0.29) is 11.1 Å². The van der Waals surface area contributed by atoms with Crippen molar-refractivity contribution in [2.75, 3.05) is 0 Å². The standard InChI is InChI=1S/C16H19N3O2/c1-9-13(14(20)21)19-11-8-6-7-10(16(2,3)4)12(11)17-15(19)18(9)5/h6-8H,1-5H3,(H,20,21). The van der Waals surface area contributed by atoms with Crippen LogP contribution in [-0.2, 0) is 12.5 Å². The van der Waals surface area contributed by atoms with Gasteiger partial charge in [0.2, 0.25) is 5.78 Å². The molecule has 0 radical (unpaired) electrons. The van der Waals surface area contributed by atoms with Crippen molar-refractivity contribution < 1.29 is 9.90 Å². The lowest BCUT2D eigenvalue weighted by atomic mass is 9.86. The molecule has 0 atom stereocenters. The average molecular weight is 285 g/mol. The van der Waals surface area contributed by atoms with Gasteiger partial charge in [0.25, 0.3) is 0 Å². The molecule has 0 aliphatic carbocycles. The molecule has 3 aromatic rings. The molecule has 2 heterocycles. The predicted octanol–water partition coefficient (Wildman–Crippen LogP) is 3.13. The number of rotatable bonds is 1. The number of aromatic carboxylic acids is 1.